The van der Waals surface area contributed by atoms with Gasteiger partial charge in [-0.1, -0.05) is 6.58 Å². The van der Waals surface area contributed by atoms with Gasteiger partial charge in [0.2, 0.25) is 0 Å². The second-order valence-electron chi connectivity index (χ2n) is 3.10. The molecule has 2 N–H and O–H groups in total. The maximum atomic E-state index is 5.74. The van der Waals surface area contributed by atoms with E-state index in [1.165, 1.54) is 12.8 Å². The summed E-state index contributed by atoms with van der Waals surface area (Å²) >= 11 is 4.24. The lowest BCUT2D eigenvalue weighted by atomic mass is 9.86. The van der Waals surface area contributed by atoms with Gasteiger partial charge in [-0.25, -0.2) is 0 Å². The summed E-state index contributed by atoms with van der Waals surface area (Å²) in [6.45, 7) is 3.83. The van der Waals surface area contributed by atoms with Crippen LogP contribution in [0, 0.1) is 5.92 Å². The molecule has 0 saturated heterocycles. The highest BCUT2D eigenvalue weighted by Gasteiger charge is 2.18. The molecule has 1 saturated carbocycles. The zero-order chi connectivity index (χ0) is 7.56. The van der Waals surface area contributed by atoms with Gasteiger partial charge in [0.1, 0.15) is 0 Å². The standard InChI is InChI=1S/C8H15NS/c1-6(10)7-2-4-8(9)5-3-7/h7-8,10H,1-5,9H2/t7-,8-. The summed E-state index contributed by atoms with van der Waals surface area (Å²) in [5, 5.41) is 0. The number of thiol groups is 1. The van der Waals surface area contributed by atoms with Crippen molar-refractivity contribution in [1.82, 2.24) is 0 Å². The minimum Gasteiger partial charge on any atom is -0.328 e. The van der Waals surface area contributed by atoms with Crippen molar-refractivity contribution in [2.24, 2.45) is 11.7 Å². The molecule has 1 aliphatic carbocycles. The van der Waals surface area contributed by atoms with E-state index in [-0.39, 0.29) is 0 Å². The summed E-state index contributed by atoms with van der Waals surface area (Å²) in [5.74, 6) is 0.628. The summed E-state index contributed by atoms with van der Waals surface area (Å²) in [7, 11) is 0. The van der Waals surface area contributed by atoms with E-state index in [1.807, 2.05) is 0 Å². The molecule has 1 fully saturated rings. The summed E-state index contributed by atoms with van der Waals surface area (Å²) in [6, 6.07) is 0.434. The molecule has 0 unspecified atom stereocenters. The molecule has 0 aromatic heterocycles. The van der Waals surface area contributed by atoms with Gasteiger partial charge in [0, 0.05) is 6.04 Å². The van der Waals surface area contributed by atoms with Gasteiger partial charge < -0.3 is 5.73 Å². The van der Waals surface area contributed by atoms with Crippen molar-refractivity contribution in [3.8, 4) is 0 Å². The van der Waals surface area contributed by atoms with Crippen LogP contribution in [0.1, 0.15) is 25.7 Å². The largest absolute Gasteiger partial charge is 0.328 e. The monoisotopic (exact) mass is 157 g/mol. The van der Waals surface area contributed by atoms with Crippen LogP contribution in [0.5, 0.6) is 0 Å². The van der Waals surface area contributed by atoms with E-state index in [0.29, 0.717) is 12.0 Å². The summed E-state index contributed by atoms with van der Waals surface area (Å²) < 4.78 is 0. The van der Waals surface area contributed by atoms with E-state index < -0.39 is 0 Å². The maximum Gasteiger partial charge on any atom is 0.00392 e. The first-order valence-electron chi connectivity index (χ1n) is 3.83. The lowest BCUT2D eigenvalue weighted by Crippen LogP contribution is -2.26. The van der Waals surface area contributed by atoms with Gasteiger partial charge in [0.25, 0.3) is 0 Å². The SMILES string of the molecule is C=C(S)[C@H]1CC[C@H](N)CC1. The summed E-state index contributed by atoms with van der Waals surface area (Å²) in [5.41, 5.74) is 5.74. The Morgan fingerprint density at radius 3 is 2.20 bits per heavy atom. The van der Waals surface area contributed by atoms with Crippen molar-refractivity contribution < 1.29 is 0 Å². The Hall–Kier alpha value is 0.0500. The molecule has 0 spiro atoms. The number of hydrogen-bond acceptors (Lipinski definition) is 2. The minimum atomic E-state index is 0.434. The molecule has 0 aromatic carbocycles. The first-order valence-corrected chi connectivity index (χ1v) is 4.28. The van der Waals surface area contributed by atoms with Crippen LogP contribution in [0.2, 0.25) is 0 Å². The third kappa shape index (κ3) is 2.03. The second-order valence-corrected chi connectivity index (χ2v) is 3.68. The van der Waals surface area contributed by atoms with E-state index in [4.69, 9.17) is 5.73 Å². The van der Waals surface area contributed by atoms with E-state index in [2.05, 4.69) is 19.2 Å². The fourth-order valence-electron chi connectivity index (χ4n) is 1.45. The van der Waals surface area contributed by atoms with Gasteiger partial charge in [0.15, 0.2) is 0 Å². The third-order valence-electron chi connectivity index (χ3n) is 2.24. The van der Waals surface area contributed by atoms with Crippen LogP contribution >= 0.6 is 12.6 Å². The highest BCUT2D eigenvalue weighted by Crippen LogP contribution is 2.29. The van der Waals surface area contributed by atoms with Gasteiger partial charge in [-0.2, -0.15) is 0 Å². The molecule has 0 aliphatic heterocycles. The van der Waals surface area contributed by atoms with Gasteiger partial charge in [-0.15, -0.1) is 12.6 Å². The normalized spacial score (nSPS) is 33.8. The predicted octanol–water partition coefficient (Wildman–Crippen LogP) is 1.95. The molecule has 1 aliphatic rings. The Labute approximate surface area is 68.1 Å². The Morgan fingerprint density at radius 1 is 1.30 bits per heavy atom. The lowest BCUT2D eigenvalue weighted by molar-refractivity contribution is 0.372. The molecule has 0 atom stereocenters. The molecule has 0 bridgehead atoms. The average molecular weight is 157 g/mol. The van der Waals surface area contributed by atoms with Crippen molar-refractivity contribution in [3.63, 3.8) is 0 Å². The smallest absolute Gasteiger partial charge is 0.00392 e. The Balaban J connectivity index is 2.33. The van der Waals surface area contributed by atoms with Crippen LogP contribution in [0.15, 0.2) is 11.5 Å². The zero-order valence-electron chi connectivity index (χ0n) is 6.21. The molecular weight excluding hydrogens is 142 g/mol. The highest BCUT2D eigenvalue weighted by molar-refractivity contribution is 7.84. The molecule has 0 aromatic rings. The second kappa shape index (κ2) is 3.44. The van der Waals surface area contributed by atoms with Gasteiger partial charge >= 0.3 is 0 Å². The van der Waals surface area contributed by atoms with Crippen molar-refractivity contribution in [2.75, 3.05) is 0 Å². The van der Waals surface area contributed by atoms with Crippen molar-refractivity contribution in [2.45, 2.75) is 31.7 Å². The van der Waals surface area contributed by atoms with Gasteiger partial charge in [-0.3, -0.25) is 0 Å². The van der Waals surface area contributed by atoms with Gasteiger partial charge in [-0.05, 0) is 36.5 Å². The third-order valence-corrected chi connectivity index (χ3v) is 2.61. The van der Waals surface area contributed by atoms with Crippen molar-refractivity contribution in [3.05, 3.63) is 11.5 Å². The van der Waals surface area contributed by atoms with Crippen molar-refractivity contribution in [1.29, 1.82) is 0 Å². The van der Waals surface area contributed by atoms with E-state index >= 15 is 0 Å². The molecule has 0 amide bonds. The molecular formula is C8H15NS. The van der Waals surface area contributed by atoms with Crippen LogP contribution in [0.25, 0.3) is 0 Å². The highest BCUT2D eigenvalue weighted by atomic mass is 32.1. The van der Waals surface area contributed by atoms with Gasteiger partial charge in [0.05, 0.1) is 0 Å². The Bertz CT molecular complexity index is 125. The van der Waals surface area contributed by atoms with Crippen LogP contribution < -0.4 is 5.73 Å². The van der Waals surface area contributed by atoms with E-state index in [9.17, 15) is 0 Å². The molecule has 2 heteroatoms. The number of allylic oxidation sites excluding steroid dienone is 1. The molecule has 58 valence electrons. The molecule has 0 radical (unpaired) electrons. The maximum absolute atomic E-state index is 5.74. The fourth-order valence-corrected chi connectivity index (χ4v) is 1.71. The number of nitrogens with two attached hydrogens (primary N) is 1. The number of rotatable bonds is 1. The average Bonchev–Trinajstić information content (AvgIpc) is 1.88. The first kappa shape index (κ1) is 8.15. The molecule has 10 heavy (non-hydrogen) atoms. The molecule has 0 heterocycles. The minimum absolute atomic E-state index is 0.434. The number of hydrogen-bond donors (Lipinski definition) is 2. The van der Waals surface area contributed by atoms with Crippen LogP contribution in [-0.2, 0) is 0 Å². The quantitative estimate of drug-likeness (QED) is 0.559. The zero-order valence-corrected chi connectivity index (χ0v) is 7.11. The lowest BCUT2D eigenvalue weighted by Gasteiger charge is -2.25. The van der Waals surface area contributed by atoms with Crippen LogP contribution in [0.3, 0.4) is 0 Å². The first-order chi connectivity index (χ1) is 4.70. The predicted molar refractivity (Wildman–Crippen MR) is 48.1 cm³/mol. The van der Waals surface area contributed by atoms with E-state index in [0.717, 1.165) is 17.7 Å². The van der Waals surface area contributed by atoms with Crippen LogP contribution in [-0.4, -0.2) is 6.04 Å². The summed E-state index contributed by atoms with van der Waals surface area (Å²) in [6.07, 6.45) is 4.65. The Kier molecular flexibility index (Phi) is 2.81. The molecule has 1 nitrogen and oxygen atoms in total. The topological polar surface area (TPSA) is 26.0 Å². The fraction of sp³-hybridized carbons (Fsp3) is 0.750. The van der Waals surface area contributed by atoms with E-state index in [1.54, 1.807) is 0 Å². The Morgan fingerprint density at radius 2 is 1.80 bits per heavy atom. The van der Waals surface area contributed by atoms with Crippen molar-refractivity contribution >= 4 is 12.6 Å². The summed E-state index contributed by atoms with van der Waals surface area (Å²) in [4.78, 5) is 1.03. The molecule has 1 rings (SSSR count). The van der Waals surface area contributed by atoms with Crippen LogP contribution in [0.4, 0.5) is 0 Å².